The molecule has 9 unspecified atom stereocenters. The Hall–Kier alpha value is -2.06. The first kappa shape index (κ1) is 96.8. The van der Waals surface area contributed by atoms with Crippen LogP contribution in [-0.4, -0.2) is 349 Å². The van der Waals surface area contributed by atoms with E-state index in [4.69, 9.17) is 74.5 Å². The molecule has 6 heterocycles. The summed E-state index contributed by atoms with van der Waals surface area (Å²) >= 11 is 0. The maximum atomic E-state index is 13.2. The molecule has 38 nitrogen and oxygen atoms in total. The third kappa shape index (κ3) is 34.1. The highest BCUT2D eigenvalue weighted by Crippen LogP contribution is 2.48. The van der Waals surface area contributed by atoms with E-state index >= 15 is 0 Å². The molecule has 18 atom stereocenters. The van der Waals surface area contributed by atoms with Gasteiger partial charge in [0.1, 0.15) is 48.8 Å². The molecule has 0 bridgehead atoms. The number of rotatable bonds is 53. The first-order valence-electron chi connectivity index (χ1n) is 39.0. The first-order chi connectivity index (χ1) is 52.4. The van der Waals surface area contributed by atoms with Gasteiger partial charge in [-0.05, 0) is 123 Å². The molecule has 6 aliphatic heterocycles. The average Bonchev–Trinajstić information content (AvgIpc) is 0.728. The number of ether oxygens (including phenoxy) is 10. The van der Waals surface area contributed by atoms with E-state index < -0.39 is 165 Å². The zero-order chi connectivity index (χ0) is 80.4. The Kier molecular flexibility index (Phi) is 44.0. The monoisotopic (exact) mass is 1650 g/mol. The van der Waals surface area contributed by atoms with Gasteiger partial charge >= 0.3 is 23.5 Å². The molecule has 6 fully saturated rings. The molecule has 0 aromatic carbocycles. The van der Waals surface area contributed by atoms with E-state index in [1.165, 1.54) is 6.92 Å². The van der Waals surface area contributed by atoms with E-state index in [1.807, 2.05) is 13.8 Å². The molecule has 110 heavy (non-hydrogen) atoms. The third-order valence-corrected chi connectivity index (χ3v) is 23.4. The topological polar surface area (TPSA) is 515 Å². The Morgan fingerprint density at radius 3 is 1.18 bits per heavy atom. The highest BCUT2D eigenvalue weighted by molar-refractivity contribution is 7.48. The molecule has 6 rings (SSSR count). The van der Waals surface area contributed by atoms with Crippen LogP contribution in [0.4, 0.5) is 0 Å². The lowest BCUT2D eigenvalue weighted by molar-refractivity contribution is -0.282. The van der Waals surface area contributed by atoms with Gasteiger partial charge in [0.15, 0.2) is 18.9 Å². The van der Waals surface area contributed by atoms with E-state index in [2.05, 4.69) is 10.2 Å². The number of aliphatic hydroxyl groups excluding tert-OH is 9. The molecule has 0 aromatic rings. The minimum Gasteiger partial charge on any atom is -0.394 e. The van der Waals surface area contributed by atoms with Gasteiger partial charge in [0, 0.05) is 111 Å². The van der Waals surface area contributed by atoms with Crippen LogP contribution in [0.15, 0.2) is 0 Å². The van der Waals surface area contributed by atoms with Gasteiger partial charge in [-0.3, -0.25) is 41.5 Å². The van der Waals surface area contributed by atoms with Crippen LogP contribution in [0.5, 0.6) is 0 Å². The number of nitrogens with zero attached hydrogens (tertiary/aromatic N) is 3. The second-order valence-electron chi connectivity index (χ2n) is 29.7. The zero-order valence-electron chi connectivity index (χ0n) is 64.5. The van der Waals surface area contributed by atoms with Gasteiger partial charge in [0.25, 0.3) is 0 Å². The Bertz CT molecular complexity index is 2630. The van der Waals surface area contributed by atoms with Crippen molar-refractivity contribution in [2.45, 2.75) is 254 Å². The summed E-state index contributed by atoms with van der Waals surface area (Å²) in [7, 11) is -13.5. The van der Waals surface area contributed by atoms with E-state index in [1.54, 1.807) is 23.6 Å². The van der Waals surface area contributed by atoms with Crippen molar-refractivity contribution in [2.75, 3.05) is 152 Å². The Balaban J connectivity index is 0.897. The second kappa shape index (κ2) is 50.0. The van der Waals surface area contributed by atoms with E-state index in [0.29, 0.717) is 110 Å². The fourth-order valence-electron chi connectivity index (χ4n) is 13.5. The number of unbranched alkanes of at least 4 members (excludes halogenated alkanes) is 4. The molecule has 13 N–H and O–H groups in total. The molecule has 3 amide bonds. The van der Waals surface area contributed by atoms with Crippen molar-refractivity contribution in [3.8, 4) is 0 Å². The summed E-state index contributed by atoms with van der Waals surface area (Å²) in [6, 6.07) is -1.02. The Morgan fingerprint density at radius 1 is 0.455 bits per heavy atom. The predicted octanol–water partition coefficient (Wildman–Crippen LogP) is 1.12. The maximum absolute atomic E-state index is 13.2. The number of phosphoric acid groups is 3. The highest BCUT2D eigenvalue weighted by Gasteiger charge is 2.47. The fourth-order valence-corrected chi connectivity index (χ4v) is 16.5. The zero-order valence-corrected chi connectivity index (χ0v) is 67.2. The smallest absolute Gasteiger partial charge is 0.394 e. The quantitative estimate of drug-likeness (QED) is 0.0300. The second-order valence-corrected chi connectivity index (χ2v) is 33.9. The summed E-state index contributed by atoms with van der Waals surface area (Å²) < 4.78 is 131. The lowest BCUT2D eigenvalue weighted by atomic mass is 9.92. The van der Waals surface area contributed by atoms with Crippen LogP contribution in [0.1, 0.15) is 150 Å². The molecular weight excluding hydrogens is 1520 g/mol. The fraction of sp³-hybridized carbons (Fsp3) is 0.957. The average molecular weight is 1650 g/mol. The molecule has 0 aliphatic carbocycles. The number of piperidine rings is 3. The number of hydrogen-bond acceptors (Lipinski definition) is 32. The first-order valence-corrected chi connectivity index (χ1v) is 43.5. The molecule has 644 valence electrons. The largest absolute Gasteiger partial charge is 0.472 e. The van der Waals surface area contributed by atoms with Crippen molar-refractivity contribution < 1.29 is 163 Å². The number of nitrogens with one attached hydrogen (secondary N) is 1. The summed E-state index contributed by atoms with van der Waals surface area (Å²) in [4.78, 5) is 75.5. The highest BCUT2D eigenvalue weighted by atomic mass is 31.2. The van der Waals surface area contributed by atoms with Crippen molar-refractivity contribution in [1.29, 1.82) is 0 Å². The van der Waals surface area contributed by atoms with Crippen LogP contribution < -0.4 is 5.32 Å². The van der Waals surface area contributed by atoms with Gasteiger partial charge in [-0.25, -0.2) is 13.7 Å². The van der Waals surface area contributed by atoms with Crippen molar-refractivity contribution in [1.82, 2.24) is 20.0 Å². The molecule has 0 spiro atoms. The van der Waals surface area contributed by atoms with E-state index in [-0.39, 0.29) is 136 Å². The van der Waals surface area contributed by atoms with Crippen molar-refractivity contribution in [3.63, 3.8) is 0 Å². The van der Waals surface area contributed by atoms with Gasteiger partial charge in [0.2, 0.25) is 17.7 Å². The molecule has 6 aliphatic rings. The minimum atomic E-state index is -4.54. The van der Waals surface area contributed by atoms with Gasteiger partial charge in [0.05, 0.1) is 108 Å². The number of phosphoric ester groups is 3. The number of aliphatic hydroxyl groups is 9. The van der Waals surface area contributed by atoms with Gasteiger partial charge < -0.3 is 128 Å². The summed E-state index contributed by atoms with van der Waals surface area (Å²) in [6.45, 7) is 10.3. The van der Waals surface area contributed by atoms with Gasteiger partial charge in [-0.1, -0.05) is 13.8 Å². The van der Waals surface area contributed by atoms with Crippen LogP contribution in [-0.2, 0) is 103 Å². The van der Waals surface area contributed by atoms with Crippen LogP contribution in [0.3, 0.4) is 0 Å². The molecular formula is C69H129N4O34P3. The predicted molar refractivity (Wildman–Crippen MR) is 388 cm³/mol. The minimum absolute atomic E-state index is 0.00682. The summed E-state index contributed by atoms with van der Waals surface area (Å²) in [6.07, 6.45) is -7.94. The van der Waals surface area contributed by atoms with E-state index in [9.17, 15) is 88.7 Å². The molecule has 0 radical (unpaired) electrons. The SMILES string of the molecule is CC(=O)NC1[C@H](OCCCCCN2CCC(OP(=O)(O)OCCCOCC(COCCCOP(=O)(O)OC3CCN(C(=O)CCCCO[C@@H]4OC(CO)[C@H](O)[C@H](O)C4C)CC3)(COCCCOP(=O)(O)OC3CCN(C(=O)CCCCO[C@@H]4OC(CO)[C@H](O)[C@H](O)C4C)CC3)COC(C)C)CC2)OC(CO)[C@H](O)[C@@H]1O. The van der Waals surface area contributed by atoms with Gasteiger partial charge in [-0.2, -0.15) is 0 Å². The van der Waals surface area contributed by atoms with Crippen molar-refractivity contribution >= 4 is 41.2 Å². The molecule has 0 aromatic heterocycles. The van der Waals surface area contributed by atoms with Crippen molar-refractivity contribution in [2.24, 2.45) is 17.3 Å². The van der Waals surface area contributed by atoms with E-state index in [0.717, 1.165) is 19.4 Å². The number of hydrogen-bond donors (Lipinski definition) is 13. The number of amides is 3. The maximum Gasteiger partial charge on any atom is 0.472 e. The van der Waals surface area contributed by atoms with Gasteiger partial charge in [-0.15, -0.1) is 0 Å². The molecule has 6 saturated heterocycles. The van der Waals surface area contributed by atoms with Crippen LogP contribution >= 0.6 is 23.5 Å². The molecule has 0 saturated carbocycles. The molecule has 41 heteroatoms. The van der Waals surface area contributed by atoms with Crippen molar-refractivity contribution in [3.05, 3.63) is 0 Å². The number of carbonyl (C=O) groups excluding carboxylic acids is 3. The van der Waals surface area contributed by atoms with Crippen LogP contribution in [0.25, 0.3) is 0 Å². The van der Waals surface area contributed by atoms with Crippen LogP contribution in [0, 0.1) is 17.3 Å². The lowest BCUT2D eigenvalue weighted by Crippen LogP contribution is -2.64. The lowest BCUT2D eigenvalue weighted by Gasteiger charge is -2.42. The summed E-state index contributed by atoms with van der Waals surface area (Å²) in [5, 5.41) is 92.7. The normalized spacial score (nSPS) is 30.1. The van der Waals surface area contributed by atoms with Crippen LogP contribution in [0.2, 0.25) is 0 Å². The third-order valence-electron chi connectivity index (χ3n) is 20.1. The Labute approximate surface area is 645 Å². The number of carbonyl (C=O) groups is 3. The Morgan fingerprint density at radius 2 is 0.809 bits per heavy atom. The standard InChI is InChI=1S/C69H129N4O34P3/c1-47(2)98-46-69(44-93-32-14-38-100-109(88,89)106-52-20-27-72(28-21-52)57(78)16-7-11-35-95-66-48(3)60(80)62(82)54(40-74)102-66,45-94-33-15-39-101-110(90,91)107-53-22-29-73(30-23-53)58(79)17-8-12-36-96-67-49(4)61(81)63(83)55(41-75)103-67)43-92-31-13-37-99-108(86,87)105-51-18-25-71(26-19-51)24-9-6-10-34-97-68-59(70-50(5)77)65(85)64(84)56(42-76)104-68/h47-49,51-56,59-68,74-76,80-85H,6-46H2,1-5H3,(H,70,77)(H,86,87)(H,88,89)(H,90,91)/t48?,49?,54?,55?,56?,59?,60-,61-,62+,63+,64+,65-,66-,67-,68-,69?/m1/s1. The summed E-state index contributed by atoms with van der Waals surface area (Å²) in [5.74, 6) is -1.70. The summed E-state index contributed by atoms with van der Waals surface area (Å²) in [5.41, 5.74) is -0.991. The number of likely N-dealkylation sites (tertiary alicyclic amines) is 3.